The first-order valence-electron chi connectivity index (χ1n) is 6.56. The Balaban J connectivity index is 0.00000441. The van der Waals surface area contributed by atoms with Gasteiger partial charge in [0.1, 0.15) is 0 Å². The molecule has 0 aliphatic heterocycles. The van der Waals surface area contributed by atoms with Gasteiger partial charge in [-0.2, -0.15) is 0 Å². The molecule has 0 radical (unpaired) electrons. The van der Waals surface area contributed by atoms with E-state index in [9.17, 15) is 13.2 Å². The summed E-state index contributed by atoms with van der Waals surface area (Å²) >= 11 is 0. The molecule has 124 valence electrons. The number of carbonyl (C=O) groups is 1. The third-order valence-corrected chi connectivity index (χ3v) is 4.35. The summed E-state index contributed by atoms with van der Waals surface area (Å²) < 4.78 is 26.1. The van der Waals surface area contributed by atoms with Gasteiger partial charge in [-0.05, 0) is 38.2 Å². The van der Waals surface area contributed by atoms with Crippen LogP contribution in [0.2, 0.25) is 0 Å². The minimum Gasteiger partial charge on any atom is -0.350 e. The monoisotopic (exact) mass is 347 g/mol. The highest BCUT2D eigenvalue weighted by Gasteiger charge is 2.14. The van der Waals surface area contributed by atoms with Crippen molar-refractivity contribution in [2.24, 2.45) is 0 Å². The lowest BCUT2D eigenvalue weighted by Gasteiger charge is -2.11. The van der Waals surface area contributed by atoms with E-state index < -0.39 is 10.0 Å². The molecule has 22 heavy (non-hydrogen) atoms. The second kappa shape index (κ2) is 9.58. The zero-order valence-electron chi connectivity index (χ0n) is 12.6. The third kappa shape index (κ3) is 6.15. The summed E-state index contributed by atoms with van der Waals surface area (Å²) in [6, 6.07) is 5.95. The van der Waals surface area contributed by atoms with E-state index in [1.807, 2.05) is 14.0 Å². The summed E-state index contributed by atoms with van der Waals surface area (Å²) in [5.41, 5.74) is 0.418. The number of likely N-dealkylation sites (N-methyl/N-ethyl adjacent to an activating group) is 1. The number of carbonyl (C=O) groups excluding carboxylic acids is 1. The minimum atomic E-state index is -3.56. The predicted octanol–water partition coefficient (Wildman–Crippen LogP) is 0.910. The molecular weight excluding hydrogens is 326 g/mol. The van der Waals surface area contributed by atoms with Crippen LogP contribution in [-0.2, 0) is 10.0 Å². The number of halogens is 1. The highest BCUT2D eigenvalue weighted by Crippen LogP contribution is 2.10. The molecule has 6 nitrogen and oxygen atoms in total. The normalized spacial score (nSPS) is 12.1. The Morgan fingerprint density at radius 2 is 1.91 bits per heavy atom. The number of amides is 1. The number of rotatable bonds is 8. The van der Waals surface area contributed by atoms with Crippen molar-refractivity contribution in [3.63, 3.8) is 0 Å². The van der Waals surface area contributed by atoms with E-state index in [1.165, 1.54) is 30.3 Å². The summed E-state index contributed by atoms with van der Waals surface area (Å²) in [6.07, 6.45) is 1.46. The van der Waals surface area contributed by atoms with Crippen LogP contribution in [0.25, 0.3) is 0 Å². The van der Waals surface area contributed by atoms with Crippen molar-refractivity contribution in [1.29, 1.82) is 0 Å². The second-order valence-electron chi connectivity index (χ2n) is 4.56. The van der Waals surface area contributed by atoms with Gasteiger partial charge >= 0.3 is 0 Å². The van der Waals surface area contributed by atoms with Crippen LogP contribution in [0, 0.1) is 0 Å². The fraction of sp³-hybridized carbons (Fsp3) is 0.357. The molecule has 1 aromatic rings. The smallest absolute Gasteiger partial charge is 0.251 e. The van der Waals surface area contributed by atoms with E-state index in [1.54, 1.807) is 0 Å². The molecule has 0 heterocycles. The van der Waals surface area contributed by atoms with E-state index in [4.69, 9.17) is 0 Å². The summed E-state index contributed by atoms with van der Waals surface area (Å²) in [5.74, 6) is -0.236. The largest absolute Gasteiger partial charge is 0.350 e. The molecule has 8 heteroatoms. The van der Waals surface area contributed by atoms with E-state index >= 15 is 0 Å². The van der Waals surface area contributed by atoms with Gasteiger partial charge in [-0.3, -0.25) is 4.79 Å². The van der Waals surface area contributed by atoms with Crippen LogP contribution < -0.4 is 15.4 Å². The van der Waals surface area contributed by atoms with Crippen LogP contribution in [0.1, 0.15) is 17.3 Å². The molecule has 1 amide bonds. The lowest BCUT2D eigenvalue weighted by molar-refractivity contribution is 0.0950. The molecule has 1 rings (SSSR count). The van der Waals surface area contributed by atoms with E-state index in [2.05, 4.69) is 21.9 Å². The van der Waals surface area contributed by atoms with Gasteiger partial charge in [0.15, 0.2) is 0 Å². The molecule has 1 aromatic carbocycles. The first-order valence-corrected chi connectivity index (χ1v) is 8.05. The number of nitrogens with one attached hydrogen (secondary N) is 3. The summed E-state index contributed by atoms with van der Waals surface area (Å²) in [4.78, 5) is 12.0. The van der Waals surface area contributed by atoms with Crippen LogP contribution in [-0.4, -0.2) is 40.5 Å². The molecule has 0 aromatic heterocycles. The molecule has 0 bridgehead atoms. The molecule has 0 aliphatic carbocycles. The van der Waals surface area contributed by atoms with Crippen LogP contribution in [0.4, 0.5) is 0 Å². The predicted molar refractivity (Wildman–Crippen MR) is 89.9 cm³/mol. The van der Waals surface area contributed by atoms with Crippen molar-refractivity contribution in [2.75, 3.05) is 20.1 Å². The van der Waals surface area contributed by atoms with Crippen molar-refractivity contribution in [3.05, 3.63) is 42.5 Å². The average Bonchev–Trinajstić information content (AvgIpc) is 2.50. The first-order chi connectivity index (χ1) is 9.90. The van der Waals surface area contributed by atoms with Gasteiger partial charge in [0.05, 0.1) is 4.90 Å². The van der Waals surface area contributed by atoms with Crippen LogP contribution in [0.15, 0.2) is 41.8 Å². The maximum absolute atomic E-state index is 11.9. The average molecular weight is 348 g/mol. The van der Waals surface area contributed by atoms with Gasteiger partial charge in [0.25, 0.3) is 5.91 Å². The molecule has 0 saturated carbocycles. The van der Waals surface area contributed by atoms with Crippen LogP contribution in [0.3, 0.4) is 0 Å². The molecule has 1 unspecified atom stereocenters. The fourth-order valence-electron chi connectivity index (χ4n) is 1.49. The SMILES string of the molecule is C=CCNS(=O)(=O)c1ccc(C(=O)NCC(C)NC)cc1.Cl. The fourth-order valence-corrected chi connectivity index (χ4v) is 2.49. The second-order valence-corrected chi connectivity index (χ2v) is 6.33. The quantitative estimate of drug-likeness (QED) is 0.610. The first kappa shape index (κ1) is 20.6. The number of hydrogen-bond acceptors (Lipinski definition) is 4. The number of sulfonamides is 1. The Morgan fingerprint density at radius 1 is 1.32 bits per heavy atom. The Morgan fingerprint density at radius 3 is 2.41 bits per heavy atom. The molecule has 1 atom stereocenters. The van der Waals surface area contributed by atoms with E-state index in [-0.39, 0.29) is 35.8 Å². The van der Waals surface area contributed by atoms with E-state index in [0.29, 0.717) is 12.1 Å². The Hall–Kier alpha value is -1.41. The van der Waals surface area contributed by atoms with Gasteiger partial charge < -0.3 is 10.6 Å². The lowest BCUT2D eigenvalue weighted by Crippen LogP contribution is -2.37. The van der Waals surface area contributed by atoms with Gasteiger partial charge in [-0.15, -0.1) is 19.0 Å². The number of hydrogen-bond donors (Lipinski definition) is 3. The summed E-state index contributed by atoms with van der Waals surface area (Å²) in [7, 11) is -1.75. The standard InChI is InChI=1S/C14H21N3O3S.ClH/c1-4-9-17-21(19,20)13-7-5-12(6-8-13)14(18)16-10-11(2)15-3;/h4-8,11,15,17H,1,9-10H2,2-3H3,(H,16,18);1H. The molecule has 0 saturated heterocycles. The maximum atomic E-state index is 11.9. The molecule has 0 aliphatic rings. The highest BCUT2D eigenvalue weighted by molar-refractivity contribution is 7.89. The van der Waals surface area contributed by atoms with Crippen molar-refractivity contribution >= 4 is 28.3 Å². The zero-order valence-corrected chi connectivity index (χ0v) is 14.3. The molecule has 3 N–H and O–H groups in total. The van der Waals surface area contributed by atoms with Crippen LogP contribution in [0.5, 0.6) is 0 Å². The topological polar surface area (TPSA) is 87.3 Å². The molecule has 0 spiro atoms. The van der Waals surface area contributed by atoms with Crippen LogP contribution >= 0.6 is 12.4 Å². The van der Waals surface area contributed by atoms with E-state index in [0.717, 1.165) is 0 Å². The number of benzene rings is 1. The van der Waals surface area contributed by atoms with Gasteiger partial charge in [-0.1, -0.05) is 6.08 Å². The van der Waals surface area contributed by atoms with Crippen molar-refractivity contribution < 1.29 is 13.2 Å². The summed E-state index contributed by atoms with van der Waals surface area (Å²) in [6.45, 7) is 6.05. The Labute approximate surface area is 137 Å². The molecule has 0 fully saturated rings. The Kier molecular flexibility index (Phi) is 8.96. The zero-order chi connectivity index (χ0) is 15.9. The van der Waals surface area contributed by atoms with Crippen molar-refractivity contribution in [1.82, 2.24) is 15.4 Å². The van der Waals surface area contributed by atoms with Crippen molar-refractivity contribution in [2.45, 2.75) is 17.9 Å². The minimum absolute atomic E-state index is 0. The lowest BCUT2D eigenvalue weighted by atomic mass is 10.2. The Bertz CT molecular complexity index is 588. The van der Waals surface area contributed by atoms with Gasteiger partial charge in [0, 0.05) is 24.7 Å². The van der Waals surface area contributed by atoms with Crippen molar-refractivity contribution in [3.8, 4) is 0 Å². The highest BCUT2D eigenvalue weighted by atomic mass is 35.5. The summed E-state index contributed by atoms with van der Waals surface area (Å²) in [5, 5.41) is 5.77. The van der Waals surface area contributed by atoms with Gasteiger partial charge in [0.2, 0.25) is 10.0 Å². The van der Waals surface area contributed by atoms with Gasteiger partial charge in [-0.25, -0.2) is 13.1 Å². The maximum Gasteiger partial charge on any atom is 0.251 e. The molecular formula is C14H22ClN3O3S. The third-order valence-electron chi connectivity index (χ3n) is 2.91.